The van der Waals surface area contributed by atoms with Crippen LogP contribution in [0.15, 0.2) is 10.6 Å². The maximum atomic E-state index is 11.7. The van der Waals surface area contributed by atoms with Gasteiger partial charge in [-0.25, -0.2) is 4.68 Å². The lowest BCUT2D eigenvalue weighted by Crippen LogP contribution is -2.29. The van der Waals surface area contributed by atoms with Gasteiger partial charge in [-0.05, 0) is 0 Å². The van der Waals surface area contributed by atoms with Crippen molar-refractivity contribution in [3.05, 3.63) is 17.8 Å². The summed E-state index contributed by atoms with van der Waals surface area (Å²) in [5, 5.41) is 19.8. The molecule has 0 aromatic carbocycles. The molecule has 0 bridgehead atoms. The second kappa shape index (κ2) is 6.56. The van der Waals surface area contributed by atoms with Crippen molar-refractivity contribution >= 4 is 17.8 Å². The van der Waals surface area contributed by atoms with E-state index < -0.39 is 0 Å². The Balaban J connectivity index is 1.84. The summed E-state index contributed by atoms with van der Waals surface area (Å²) in [6, 6.07) is 0.0213. The SMILES string of the molecule is Cc1nnc(NC(=O)Cn2cc(CNC(=O)CN)nn2)o1. The van der Waals surface area contributed by atoms with Crippen LogP contribution in [0.2, 0.25) is 0 Å². The number of hydrogen-bond donors (Lipinski definition) is 3. The Bertz CT molecular complexity index is 634. The molecule has 0 unspecified atom stereocenters. The van der Waals surface area contributed by atoms with Crippen LogP contribution in [0.1, 0.15) is 11.6 Å². The maximum Gasteiger partial charge on any atom is 0.322 e. The van der Waals surface area contributed by atoms with Crippen molar-refractivity contribution in [2.24, 2.45) is 5.73 Å². The van der Waals surface area contributed by atoms with Gasteiger partial charge in [0, 0.05) is 6.92 Å². The quantitative estimate of drug-likeness (QED) is 0.562. The monoisotopic (exact) mass is 294 g/mol. The maximum absolute atomic E-state index is 11.7. The van der Waals surface area contributed by atoms with Gasteiger partial charge in [0.1, 0.15) is 12.2 Å². The predicted molar refractivity (Wildman–Crippen MR) is 68.6 cm³/mol. The summed E-state index contributed by atoms with van der Waals surface area (Å²) in [6.45, 7) is 1.64. The van der Waals surface area contributed by atoms with Gasteiger partial charge < -0.3 is 15.5 Å². The van der Waals surface area contributed by atoms with Crippen molar-refractivity contribution in [3.63, 3.8) is 0 Å². The lowest BCUT2D eigenvalue weighted by Gasteiger charge is -2.00. The fraction of sp³-hybridized carbons (Fsp3) is 0.400. The van der Waals surface area contributed by atoms with Crippen molar-refractivity contribution in [1.29, 1.82) is 0 Å². The van der Waals surface area contributed by atoms with E-state index in [9.17, 15) is 9.59 Å². The molecule has 0 atom stereocenters. The van der Waals surface area contributed by atoms with Crippen LogP contribution in [0.25, 0.3) is 0 Å². The van der Waals surface area contributed by atoms with Crippen LogP contribution in [0.4, 0.5) is 6.01 Å². The normalized spacial score (nSPS) is 10.4. The summed E-state index contributed by atoms with van der Waals surface area (Å²) >= 11 is 0. The number of hydrogen-bond acceptors (Lipinski definition) is 8. The minimum atomic E-state index is -0.388. The number of amides is 2. The van der Waals surface area contributed by atoms with Crippen molar-refractivity contribution in [2.45, 2.75) is 20.0 Å². The molecular formula is C10H14N8O3. The van der Waals surface area contributed by atoms with E-state index in [0.29, 0.717) is 11.6 Å². The van der Waals surface area contributed by atoms with Crippen molar-refractivity contribution < 1.29 is 14.0 Å². The standard InChI is InChI=1S/C10H14N8O3/c1-6-14-16-10(21-6)13-9(20)5-18-4-7(15-17-18)3-12-8(19)2-11/h4H,2-3,5,11H2,1H3,(H,12,19)(H,13,16,20). The van der Waals surface area contributed by atoms with Gasteiger partial charge in [-0.15, -0.1) is 10.2 Å². The molecule has 112 valence electrons. The highest BCUT2D eigenvalue weighted by atomic mass is 16.4. The van der Waals surface area contributed by atoms with Crippen LogP contribution < -0.4 is 16.4 Å². The highest BCUT2D eigenvalue weighted by molar-refractivity contribution is 5.88. The molecule has 11 nitrogen and oxygen atoms in total. The third-order valence-electron chi connectivity index (χ3n) is 2.32. The van der Waals surface area contributed by atoms with Crippen LogP contribution in [0, 0.1) is 6.92 Å². The molecule has 2 aromatic rings. The molecule has 2 heterocycles. The zero-order valence-corrected chi connectivity index (χ0v) is 11.2. The van der Waals surface area contributed by atoms with Gasteiger partial charge in [0.25, 0.3) is 0 Å². The summed E-state index contributed by atoms with van der Waals surface area (Å²) in [4.78, 5) is 22.7. The number of aryl methyl sites for hydroxylation is 1. The lowest BCUT2D eigenvalue weighted by molar-refractivity contribution is -0.120. The van der Waals surface area contributed by atoms with Crippen molar-refractivity contribution in [1.82, 2.24) is 30.5 Å². The van der Waals surface area contributed by atoms with Crippen LogP contribution in [0.5, 0.6) is 0 Å². The summed E-state index contributed by atoms with van der Waals surface area (Å²) in [6.07, 6.45) is 1.54. The van der Waals surface area contributed by atoms with Gasteiger partial charge in [-0.1, -0.05) is 10.3 Å². The fourth-order valence-electron chi connectivity index (χ4n) is 1.41. The first-order chi connectivity index (χ1) is 10.1. The molecule has 4 N–H and O–H groups in total. The molecule has 0 fully saturated rings. The number of aromatic nitrogens is 5. The average molecular weight is 294 g/mol. The van der Waals surface area contributed by atoms with E-state index in [2.05, 4.69) is 31.1 Å². The van der Waals surface area contributed by atoms with E-state index in [4.69, 9.17) is 10.2 Å². The number of anilines is 1. The number of carbonyl (C=O) groups excluding carboxylic acids is 2. The molecule has 2 rings (SSSR count). The first-order valence-electron chi connectivity index (χ1n) is 6.02. The fourth-order valence-corrected chi connectivity index (χ4v) is 1.41. The summed E-state index contributed by atoms with van der Waals surface area (Å²) in [7, 11) is 0. The Morgan fingerprint density at radius 1 is 1.33 bits per heavy atom. The number of nitrogens with one attached hydrogen (secondary N) is 2. The lowest BCUT2D eigenvalue weighted by atomic mass is 10.4. The van der Waals surface area contributed by atoms with Gasteiger partial charge >= 0.3 is 6.01 Å². The molecule has 0 saturated heterocycles. The molecule has 0 spiro atoms. The molecule has 2 amide bonds. The molecule has 0 saturated carbocycles. The third-order valence-corrected chi connectivity index (χ3v) is 2.32. The minimum absolute atomic E-state index is 0.0213. The van der Waals surface area contributed by atoms with Gasteiger partial charge in [0.05, 0.1) is 19.3 Å². The van der Waals surface area contributed by atoms with Gasteiger partial charge in [-0.3, -0.25) is 14.9 Å². The van der Waals surface area contributed by atoms with Crippen LogP contribution >= 0.6 is 0 Å². The second-order valence-electron chi connectivity index (χ2n) is 4.06. The topological polar surface area (TPSA) is 154 Å². The molecule has 0 aliphatic heterocycles. The Labute approximate surface area is 118 Å². The molecule has 11 heteroatoms. The smallest absolute Gasteiger partial charge is 0.322 e. The van der Waals surface area contributed by atoms with E-state index >= 15 is 0 Å². The van der Waals surface area contributed by atoms with E-state index in [1.807, 2.05) is 0 Å². The first-order valence-corrected chi connectivity index (χ1v) is 6.02. The van der Waals surface area contributed by atoms with Gasteiger partial charge in [0.2, 0.25) is 17.7 Å². The van der Waals surface area contributed by atoms with E-state index in [-0.39, 0.29) is 37.5 Å². The Morgan fingerprint density at radius 3 is 2.81 bits per heavy atom. The van der Waals surface area contributed by atoms with E-state index in [0.717, 1.165) is 0 Å². The number of rotatable bonds is 6. The molecular weight excluding hydrogens is 280 g/mol. The number of nitrogens with zero attached hydrogens (tertiary/aromatic N) is 5. The van der Waals surface area contributed by atoms with Crippen LogP contribution in [-0.2, 0) is 22.7 Å². The van der Waals surface area contributed by atoms with Crippen molar-refractivity contribution in [3.8, 4) is 0 Å². The Morgan fingerprint density at radius 2 is 2.14 bits per heavy atom. The molecule has 0 aliphatic rings. The summed E-state index contributed by atoms with van der Waals surface area (Å²) in [5.74, 6) is -0.334. The second-order valence-corrected chi connectivity index (χ2v) is 4.06. The zero-order valence-electron chi connectivity index (χ0n) is 11.2. The van der Waals surface area contributed by atoms with E-state index in [1.54, 1.807) is 6.92 Å². The van der Waals surface area contributed by atoms with Gasteiger partial charge in [0.15, 0.2) is 0 Å². The summed E-state index contributed by atoms with van der Waals surface area (Å²) < 4.78 is 6.34. The number of nitrogens with two attached hydrogens (primary N) is 1. The predicted octanol–water partition coefficient (Wildman–Crippen LogP) is -1.82. The van der Waals surface area contributed by atoms with Crippen LogP contribution in [-0.4, -0.2) is 43.6 Å². The summed E-state index contributed by atoms with van der Waals surface area (Å²) in [5.41, 5.74) is 5.67. The highest BCUT2D eigenvalue weighted by Crippen LogP contribution is 2.03. The molecule has 0 radical (unpaired) electrons. The minimum Gasteiger partial charge on any atom is -0.408 e. The van der Waals surface area contributed by atoms with Crippen molar-refractivity contribution in [2.75, 3.05) is 11.9 Å². The first kappa shape index (κ1) is 14.6. The molecule has 0 aliphatic carbocycles. The van der Waals surface area contributed by atoms with Gasteiger partial charge in [-0.2, -0.15) is 0 Å². The molecule has 2 aromatic heterocycles. The molecule has 21 heavy (non-hydrogen) atoms. The Kier molecular flexibility index (Phi) is 4.56. The average Bonchev–Trinajstić information content (AvgIpc) is 3.05. The Hall–Kier alpha value is -2.82. The highest BCUT2D eigenvalue weighted by Gasteiger charge is 2.10. The van der Waals surface area contributed by atoms with Crippen LogP contribution in [0.3, 0.4) is 0 Å². The number of carbonyl (C=O) groups is 2. The zero-order chi connectivity index (χ0) is 15.2. The van der Waals surface area contributed by atoms with E-state index in [1.165, 1.54) is 10.9 Å². The third kappa shape index (κ3) is 4.35. The largest absolute Gasteiger partial charge is 0.408 e.